The predicted octanol–water partition coefficient (Wildman–Crippen LogP) is 2.87. The first-order valence-electron chi connectivity index (χ1n) is 5.12. The van der Waals surface area contributed by atoms with Crippen molar-refractivity contribution in [3.05, 3.63) is 12.2 Å². The van der Waals surface area contributed by atoms with Crippen LogP contribution < -0.4 is 5.32 Å². The summed E-state index contributed by atoms with van der Waals surface area (Å²) in [6.45, 7) is 9.68. The molecule has 1 fully saturated rings. The number of hydrogen-bond donors (Lipinski definition) is 1. The highest BCUT2D eigenvalue weighted by Gasteiger charge is 2.28. The maximum absolute atomic E-state index is 4.10. The van der Waals surface area contributed by atoms with Gasteiger partial charge in [0.1, 0.15) is 0 Å². The van der Waals surface area contributed by atoms with Crippen molar-refractivity contribution in [3.63, 3.8) is 0 Å². The zero-order valence-electron chi connectivity index (χ0n) is 8.45. The van der Waals surface area contributed by atoms with E-state index in [1.165, 1.54) is 44.2 Å². The fraction of sp³-hybridized carbons (Fsp3) is 0.818. The lowest BCUT2D eigenvalue weighted by Gasteiger charge is -2.33. The normalized spacial score (nSPS) is 31.2. The topological polar surface area (TPSA) is 12.0 Å². The average molecular weight is 167 g/mol. The Morgan fingerprint density at radius 2 is 2.17 bits per heavy atom. The molecule has 1 atom stereocenters. The lowest BCUT2D eigenvalue weighted by atomic mass is 9.84. The van der Waals surface area contributed by atoms with Crippen molar-refractivity contribution in [2.45, 2.75) is 51.5 Å². The summed E-state index contributed by atoms with van der Waals surface area (Å²) in [6, 6.07) is 0. The van der Waals surface area contributed by atoms with Crippen LogP contribution in [0, 0.1) is 0 Å². The number of nitrogens with one attached hydrogen (secondary N) is 1. The van der Waals surface area contributed by atoms with Crippen LogP contribution >= 0.6 is 0 Å². The molecule has 1 unspecified atom stereocenters. The zero-order chi connectivity index (χ0) is 9.03. The van der Waals surface area contributed by atoms with Gasteiger partial charge in [-0.05, 0) is 32.7 Å². The van der Waals surface area contributed by atoms with Crippen LogP contribution in [0.5, 0.6) is 0 Å². The third kappa shape index (κ3) is 1.89. The van der Waals surface area contributed by atoms with Gasteiger partial charge >= 0.3 is 0 Å². The van der Waals surface area contributed by atoms with Crippen LogP contribution in [0.1, 0.15) is 46.0 Å². The fourth-order valence-electron chi connectivity index (χ4n) is 2.11. The fourth-order valence-corrected chi connectivity index (χ4v) is 2.11. The molecule has 0 radical (unpaired) electrons. The van der Waals surface area contributed by atoms with Crippen molar-refractivity contribution in [3.8, 4) is 0 Å². The summed E-state index contributed by atoms with van der Waals surface area (Å²) in [4.78, 5) is 0. The summed E-state index contributed by atoms with van der Waals surface area (Å²) in [5, 5.41) is 3.64. The molecule has 1 nitrogen and oxygen atoms in total. The second-order valence-electron chi connectivity index (χ2n) is 3.95. The predicted molar refractivity (Wildman–Crippen MR) is 54.3 cm³/mol. The summed E-state index contributed by atoms with van der Waals surface area (Å²) in [5.41, 5.74) is 1.57. The molecule has 0 aromatic heterocycles. The first-order valence-corrected chi connectivity index (χ1v) is 5.12. The summed E-state index contributed by atoms with van der Waals surface area (Å²) in [7, 11) is 0. The Morgan fingerprint density at radius 3 is 2.75 bits per heavy atom. The van der Waals surface area contributed by atoms with E-state index in [-0.39, 0.29) is 5.54 Å². The minimum atomic E-state index is 0.260. The van der Waals surface area contributed by atoms with Gasteiger partial charge in [0, 0.05) is 5.54 Å². The van der Waals surface area contributed by atoms with E-state index in [2.05, 4.69) is 25.7 Å². The van der Waals surface area contributed by atoms with E-state index in [0.717, 1.165) is 0 Å². The molecule has 0 aromatic rings. The minimum absolute atomic E-state index is 0.260. The third-order valence-electron chi connectivity index (χ3n) is 3.16. The first-order chi connectivity index (χ1) is 5.71. The van der Waals surface area contributed by atoms with Gasteiger partial charge in [0.05, 0.1) is 0 Å². The maximum atomic E-state index is 4.10. The average Bonchev–Trinajstić information content (AvgIpc) is 2.29. The van der Waals surface area contributed by atoms with E-state index in [1.54, 1.807) is 0 Å². The zero-order valence-corrected chi connectivity index (χ0v) is 8.45. The molecule has 0 spiro atoms. The smallest absolute Gasteiger partial charge is 0.0385 e. The van der Waals surface area contributed by atoms with Crippen LogP contribution in [0.3, 0.4) is 0 Å². The highest BCUT2D eigenvalue weighted by atomic mass is 15.0. The van der Waals surface area contributed by atoms with Gasteiger partial charge in [-0.3, -0.25) is 0 Å². The summed E-state index contributed by atoms with van der Waals surface area (Å²) in [5.74, 6) is 0. The van der Waals surface area contributed by atoms with Gasteiger partial charge in [-0.2, -0.15) is 0 Å². The molecule has 0 amide bonds. The van der Waals surface area contributed by atoms with Crippen LogP contribution in [0.15, 0.2) is 12.2 Å². The number of rotatable bonds is 2. The standard InChI is InChI=1S/C11H21N/c1-4-11(10(2)3)8-6-5-7-9-12-11/h12H,2,4-9H2,1,3H3. The third-order valence-corrected chi connectivity index (χ3v) is 3.16. The van der Waals surface area contributed by atoms with Crippen molar-refractivity contribution in [2.75, 3.05) is 6.54 Å². The van der Waals surface area contributed by atoms with Crippen LogP contribution in [0.2, 0.25) is 0 Å². The molecular formula is C11H21N. The van der Waals surface area contributed by atoms with E-state index in [9.17, 15) is 0 Å². The molecule has 1 heterocycles. The van der Waals surface area contributed by atoms with Gasteiger partial charge in [-0.15, -0.1) is 0 Å². The monoisotopic (exact) mass is 167 g/mol. The molecule has 1 rings (SSSR count). The Hall–Kier alpha value is -0.300. The lowest BCUT2D eigenvalue weighted by Crippen LogP contribution is -2.44. The van der Waals surface area contributed by atoms with E-state index >= 15 is 0 Å². The molecule has 1 N–H and O–H groups in total. The molecular weight excluding hydrogens is 146 g/mol. The Morgan fingerprint density at radius 1 is 1.42 bits per heavy atom. The maximum Gasteiger partial charge on any atom is 0.0385 e. The highest BCUT2D eigenvalue weighted by molar-refractivity contribution is 5.14. The summed E-state index contributed by atoms with van der Waals surface area (Å²) in [6.07, 6.45) is 6.52. The van der Waals surface area contributed by atoms with Gasteiger partial charge in [0.2, 0.25) is 0 Å². The molecule has 0 aliphatic carbocycles. The largest absolute Gasteiger partial charge is 0.308 e. The van der Waals surface area contributed by atoms with Crippen molar-refractivity contribution in [1.82, 2.24) is 5.32 Å². The van der Waals surface area contributed by atoms with E-state index in [0.29, 0.717) is 0 Å². The SMILES string of the molecule is C=C(C)C1(CC)CCCCCN1. The van der Waals surface area contributed by atoms with E-state index in [4.69, 9.17) is 0 Å². The molecule has 1 heteroatoms. The van der Waals surface area contributed by atoms with Crippen LogP contribution in [0.25, 0.3) is 0 Å². The second-order valence-corrected chi connectivity index (χ2v) is 3.95. The van der Waals surface area contributed by atoms with Crippen molar-refractivity contribution < 1.29 is 0 Å². The Labute approximate surface area is 76.2 Å². The summed E-state index contributed by atoms with van der Waals surface area (Å²) < 4.78 is 0. The Bertz CT molecular complexity index is 152. The van der Waals surface area contributed by atoms with Gasteiger partial charge in [-0.25, -0.2) is 0 Å². The van der Waals surface area contributed by atoms with Crippen molar-refractivity contribution in [2.24, 2.45) is 0 Å². The van der Waals surface area contributed by atoms with Crippen LogP contribution in [-0.2, 0) is 0 Å². The minimum Gasteiger partial charge on any atom is -0.308 e. The highest BCUT2D eigenvalue weighted by Crippen LogP contribution is 2.28. The van der Waals surface area contributed by atoms with Gasteiger partial charge < -0.3 is 5.32 Å². The lowest BCUT2D eigenvalue weighted by molar-refractivity contribution is 0.361. The van der Waals surface area contributed by atoms with Gasteiger partial charge in [0.25, 0.3) is 0 Å². The Kier molecular flexibility index (Phi) is 3.33. The molecule has 1 saturated heterocycles. The van der Waals surface area contributed by atoms with Crippen LogP contribution in [-0.4, -0.2) is 12.1 Å². The van der Waals surface area contributed by atoms with Gasteiger partial charge in [0.15, 0.2) is 0 Å². The van der Waals surface area contributed by atoms with E-state index in [1.807, 2.05) is 0 Å². The molecule has 1 aliphatic heterocycles. The summed E-state index contributed by atoms with van der Waals surface area (Å²) >= 11 is 0. The van der Waals surface area contributed by atoms with Crippen molar-refractivity contribution in [1.29, 1.82) is 0 Å². The first kappa shape index (κ1) is 9.79. The molecule has 1 aliphatic rings. The van der Waals surface area contributed by atoms with E-state index < -0.39 is 0 Å². The molecule has 0 aromatic carbocycles. The van der Waals surface area contributed by atoms with Gasteiger partial charge in [-0.1, -0.05) is 31.9 Å². The number of hydrogen-bond acceptors (Lipinski definition) is 1. The van der Waals surface area contributed by atoms with Crippen LogP contribution in [0.4, 0.5) is 0 Å². The molecule has 12 heavy (non-hydrogen) atoms. The molecule has 70 valence electrons. The van der Waals surface area contributed by atoms with Crippen molar-refractivity contribution >= 4 is 0 Å². The second kappa shape index (κ2) is 4.08. The quantitative estimate of drug-likeness (QED) is 0.624. The molecule has 0 saturated carbocycles. The Balaban J connectivity index is 2.68. The molecule has 0 bridgehead atoms.